The fraction of sp³-hybridized carbons (Fsp3) is 0.625. The largest absolute Gasteiger partial charge is 0.394 e. The Labute approximate surface area is 71.7 Å². The van der Waals surface area contributed by atoms with E-state index < -0.39 is 0 Å². The van der Waals surface area contributed by atoms with Crippen LogP contribution in [0, 0.1) is 5.92 Å². The van der Waals surface area contributed by atoms with E-state index in [0.29, 0.717) is 6.04 Å². The van der Waals surface area contributed by atoms with Crippen LogP contribution in [0.1, 0.15) is 13.3 Å². The van der Waals surface area contributed by atoms with Gasteiger partial charge in [0.05, 0.1) is 5.69 Å². The maximum atomic E-state index is 5.72. The molecule has 0 aromatic carbocycles. The molecule has 66 valence electrons. The van der Waals surface area contributed by atoms with Crippen molar-refractivity contribution >= 4 is 11.5 Å². The zero-order valence-electron chi connectivity index (χ0n) is 7.41. The van der Waals surface area contributed by atoms with Crippen LogP contribution in [-0.4, -0.2) is 15.8 Å². The Morgan fingerprint density at radius 2 is 2.42 bits per heavy atom. The second-order valence-corrected chi connectivity index (χ2v) is 3.57. The molecule has 0 radical (unpaired) electrons. The van der Waals surface area contributed by atoms with Crippen LogP contribution in [0.4, 0.5) is 11.5 Å². The third-order valence-corrected chi connectivity index (χ3v) is 2.29. The van der Waals surface area contributed by atoms with Gasteiger partial charge in [-0.05, 0) is 12.3 Å². The van der Waals surface area contributed by atoms with Gasteiger partial charge in [-0.25, -0.2) is 0 Å². The lowest BCUT2D eigenvalue weighted by Crippen LogP contribution is -2.06. The van der Waals surface area contributed by atoms with Crippen LogP contribution in [0.25, 0.3) is 0 Å². The highest BCUT2D eigenvalue weighted by Crippen LogP contribution is 2.33. The van der Waals surface area contributed by atoms with E-state index in [9.17, 15) is 0 Å². The third-order valence-electron chi connectivity index (χ3n) is 2.29. The second kappa shape index (κ2) is 2.40. The van der Waals surface area contributed by atoms with Gasteiger partial charge in [0.15, 0.2) is 5.82 Å². The number of hydrogen-bond acceptors (Lipinski definition) is 3. The zero-order valence-corrected chi connectivity index (χ0v) is 7.41. The van der Waals surface area contributed by atoms with Crippen molar-refractivity contribution in [2.45, 2.75) is 19.4 Å². The molecule has 1 heterocycles. The van der Waals surface area contributed by atoms with Crippen LogP contribution < -0.4 is 11.1 Å². The number of nitrogens with one attached hydrogen (secondary N) is 1. The number of rotatable bonds is 2. The number of anilines is 2. The van der Waals surface area contributed by atoms with E-state index in [1.807, 2.05) is 13.2 Å². The molecule has 12 heavy (non-hydrogen) atoms. The maximum absolute atomic E-state index is 5.72. The molecular formula is C8H14N4. The SMILES string of the molecule is CC1CC1Nc1nn(C)cc1N. The van der Waals surface area contributed by atoms with Crippen LogP contribution in [0.5, 0.6) is 0 Å². The average Bonchev–Trinajstić information content (AvgIpc) is 2.55. The van der Waals surface area contributed by atoms with E-state index in [0.717, 1.165) is 17.4 Å². The molecule has 3 N–H and O–H groups in total. The summed E-state index contributed by atoms with van der Waals surface area (Å²) in [5.41, 5.74) is 6.45. The van der Waals surface area contributed by atoms with Crippen LogP contribution in [-0.2, 0) is 7.05 Å². The summed E-state index contributed by atoms with van der Waals surface area (Å²) in [7, 11) is 1.87. The fourth-order valence-corrected chi connectivity index (χ4v) is 1.32. The molecule has 1 aliphatic carbocycles. The molecule has 1 saturated carbocycles. The molecule has 0 aliphatic heterocycles. The first-order chi connectivity index (χ1) is 5.66. The summed E-state index contributed by atoms with van der Waals surface area (Å²) in [4.78, 5) is 0. The van der Waals surface area contributed by atoms with Crippen LogP contribution in [0.3, 0.4) is 0 Å². The van der Waals surface area contributed by atoms with Crippen molar-refractivity contribution in [2.24, 2.45) is 13.0 Å². The van der Waals surface area contributed by atoms with Gasteiger partial charge in [0, 0.05) is 19.3 Å². The summed E-state index contributed by atoms with van der Waals surface area (Å²) >= 11 is 0. The van der Waals surface area contributed by atoms with Gasteiger partial charge in [0.1, 0.15) is 0 Å². The first-order valence-electron chi connectivity index (χ1n) is 4.22. The lowest BCUT2D eigenvalue weighted by Gasteiger charge is -2.00. The monoisotopic (exact) mass is 166 g/mol. The van der Waals surface area contributed by atoms with E-state index >= 15 is 0 Å². The maximum Gasteiger partial charge on any atom is 0.171 e. The minimum Gasteiger partial charge on any atom is -0.394 e. The summed E-state index contributed by atoms with van der Waals surface area (Å²) in [6.45, 7) is 2.22. The van der Waals surface area contributed by atoms with Crippen LogP contribution >= 0.6 is 0 Å². The lowest BCUT2D eigenvalue weighted by atomic mass is 10.4. The second-order valence-electron chi connectivity index (χ2n) is 3.57. The van der Waals surface area contributed by atoms with Gasteiger partial charge >= 0.3 is 0 Å². The third kappa shape index (κ3) is 1.24. The summed E-state index contributed by atoms with van der Waals surface area (Å²) in [5, 5.41) is 7.50. The molecular weight excluding hydrogens is 152 g/mol. The topological polar surface area (TPSA) is 55.9 Å². The molecule has 2 atom stereocenters. The fourth-order valence-electron chi connectivity index (χ4n) is 1.32. The van der Waals surface area contributed by atoms with Crippen molar-refractivity contribution in [1.82, 2.24) is 9.78 Å². The van der Waals surface area contributed by atoms with E-state index in [1.54, 1.807) is 4.68 Å². The van der Waals surface area contributed by atoms with E-state index in [1.165, 1.54) is 6.42 Å². The van der Waals surface area contributed by atoms with Crippen LogP contribution in [0.15, 0.2) is 6.20 Å². The Bertz CT molecular complexity index is 291. The lowest BCUT2D eigenvalue weighted by molar-refractivity contribution is 0.766. The van der Waals surface area contributed by atoms with Crippen molar-refractivity contribution in [3.05, 3.63) is 6.20 Å². The Kier molecular flexibility index (Phi) is 1.49. The molecule has 4 nitrogen and oxygen atoms in total. The molecule has 0 saturated heterocycles. The molecule has 4 heteroatoms. The number of hydrogen-bond donors (Lipinski definition) is 2. The van der Waals surface area contributed by atoms with E-state index in [2.05, 4.69) is 17.3 Å². The summed E-state index contributed by atoms with van der Waals surface area (Å²) in [6, 6.07) is 0.585. The van der Waals surface area contributed by atoms with Gasteiger partial charge in [-0.2, -0.15) is 5.10 Å². The number of nitrogens with two attached hydrogens (primary N) is 1. The quantitative estimate of drug-likeness (QED) is 0.684. The van der Waals surface area contributed by atoms with Crippen LogP contribution in [0.2, 0.25) is 0 Å². The first kappa shape index (κ1) is 7.46. The zero-order chi connectivity index (χ0) is 8.72. The Balaban J connectivity index is 2.07. The molecule has 1 fully saturated rings. The Morgan fingerprint density at radius 1 is 1.75 bits per heavy atom. The summed E-state index contributed by atoms with van der Waals surface area (Å²) in [6.07, 6.45) is 3.05. The molecule has 0 spiro atoms. The van der Waals surface area contributed by atoms with Gasteiger partial charge in [-0.1, -0.05) is 6.92 Å². The predicted octanol–water partition coefficient (Wildman–Crippen LogP) is 0.823. The number of nitrogens with zero attached hydrogens (tertiary/aromatic N) is 2. The van der Waals surface area contributed by atoms with E-state index in [4.69, 9.17) is 5.73 Å². The standard InChI is InChI=1S/C8H14N4/c1-5-3-7(5)10-8-6(9)4-12(2)11-8/h4-5,7H,3,9H2,1-2H3,(H,10,11). The average molecular weight is 166 g/mol. The highest BCUT2D eigenvalue weighted by Gasteiger charge is 2.33. The van der Waals surface area contributed by atoms with Gasteiger partial charge in [0.2, 0.25) is 0 Å². The highest BCUT2D eigenvalue weighted by molar-refractivity contribution is 5.60. The van der Waals surface area contributed by atoms with Gasteiger partial charge < -0.3 is 11.1 Å². The van der Waals surface area contributed by atoms with Gasteiger partial charge in [-0.3, -0.25) is 4.68 Å². The number of aromatic nitrogens is 2. The Hall–Kier alpha value is -1.19. The Morgan fingerprint density at radius 3 is 2.83 bits per heavy atom. The van der Waals surface area contributed by atoms with Crippen molar-refractivity contribution in [1.29, 1.82) is 0 Å². The minimum absolute atomic E-state index is 0.585. The molecule has 1 aliphatic rings. The number of aryl methyl sites for hydroxylation is 1. The molecule has 1 aromatic heterocycles. The van der Waals surface area contributed by atoms with Crippen molar-refractivity contribution < 1.29 is 0 Å². The van der Waals surface area contributed by atoms with Gasteiger partial charge in [0.25, 0.3) is 0 Å². The summed E-state index contributed by atoms with van der Waals surface area (Å²) < 4.78 is 1.73. The van der Waals surface area contributed by atoms with Crippen molar-refractivity contribution in [3.8, 4) is 0 Å². The smallest absolute Gasteiger partial charge is 0.171 e. The molecule has 1 aromatic rings. The number of nitrogen functional groups attached to an aromatic ring is 1. The molecule has 0 amide bonds. The molecule has 0 bridgehead atoms. The van der Waals surface area contributed by atoms with E-state index in [-0.39, 0.29) is 0 Å². The first-order valence-corrected chi connectivity index (χ1v) is 4.22. The predicted molar refractivity (Wildman–Crippen MR) is 48.8 cm³/mol. The van der Waals surface area contributed by atoms with Crippen molar-refractivity contribution in [2.75, 3.05) is 11.1 Å². The minimum atomic E-state index is 0.585. The molecule has 2 rings (SSSR count). The van der Waals surface area contributed by atoms with Gasteiger partial charge in [-0.15, -0.1) is 0 Å². The molecule has 2 unspecified atom stereocenters. The van der Waals surface area contributed by atoms with Crippen molar-refractivity contribution in [3.63, 3.8) is 0 Å². The normalized spacial score (nSPS) is 27.2. The summed E-state index contributed by atoms with van der Waals surface area (Å²) in [5.74, 6) is 1.60. The highest BCUT2D eigenvalue weighted by atomic mass is 15.3.